The average Bonchev–Trinajstić information content (AvgIpc) is 2.56. The molecule has 0 unspecified atom stereocenters. The highest BCUT2D eigenvalue weighted by atomic mass is 15.1. The summed E-state index contributed by atoms with van der Waals surface area (Å²) in [6.45, 7) is 16.2. The van der Waals surface area contributed by atoms with Crippen molar-refractivity contribution in [1.29, 1.82) is 0 Å². The molecule has 0 spiro atoms. The van der Waals surface area contributed by atoms with E-state index in [1.807, 2.05) is 0 Å². The first-order chi connectivity index (χ1) is 11.5. The molecule has 0 N–H and O–H groups in total. The van der Waals surface area contributed by atoms with Crippen LogP contribution >= 0.6 is 0 Å². The Morgan fingerprint density at radius 3 is 1.83 bits per heavy atom. The Balaban J connectivity index is 1.49. The lowest BCUT2D eigenvalue weighted by Crippen LogP contribution is -2.38. The van der Waals surface area contributed by atoms with Crippen LogP contribution in [0, 0.1) is 17.8 Å². The molecule has 0 saturated carbocycles. The Labute approximate surface area is 152 Å². The zero-order valence-corrected chi connectivity index (χ0v) is 17.1. The molecule has 142 valence electrons. The monoisotopic (exact) mass is 336 g/mol. The van der Waals surface area contributed by atoms with E-state index in [9.17, 15) is 0 Å². The second-order valence-electron chi connectivity index (χ2n) is 9.33. The van der Waals surface area contributed by atoms with Gasteiger partial charge < -0.3 is 9.80 Å². The van der Waals surface area contributed by atoms with Crippen molar-refractivity contribution in [2.75, 3.05) is 32.7 Å². The van der Waals surface area contributed by atoms with Crippen molar-refractivity contribution >= 4 is 0 Å². The maximum atomic E-state index is 2.75. The first kappa shape index (κ1) is 20.2. The molecule has 2 aliphatic rings. The Hall–Kier alpha value is -0.0800. The number of nitrogens with zero attached hydrogens (tertiary/aromatic N) is 2. The van der Waals surface area contributed by atoms with Crippen LogP contribution in [0.3, 0.4) is 0 Å². The van der Waals surface area contributed by atoms with Gasteiger partial charge in [0.1, 0.15) is 0 Å². The van der Waals surface area contributed by atoms with Gasteiger partial charge in [-0.05, 0) is 103 Å². The van der Waals surface area contributed by atoms with E-state index in [1.165, 1.54) is 90.5 Å². The second-order valence-corrected chi connectivity index (χ2v) is 9.33. The van der Waals surface area contributed by atoms with Gasteiger partial charge in [-0.2, -0.15) is 0 Å². The van der Waals surface area contributed by atoms with Crippen LogP contribution in [-0.4, -0.2) is 48.6 Å². The first-order valence-corrected chi connectivity index (χ1v) is 11.0. The number of piperidine rings is 2. The molecule has 0 atom stereocenters. The molecule has 2 fully saturated rings. The van der Waals surface area contributed by atoms with Crippen molar-refractivity contribution in [3.8, 4) is 0 Å². The molecular formula is C22H44N2. The molecule has 0 aliphatic carbocycles. The van der Waals surface area contributed by atoms with E-state index in [2.05, 4.69) is 37.5 Å². The molecule has 0 aromatic carbocycles. The third-order valence-electron chi connectivity index (χ3n) is 6.57. The van der Waals surface area contributed by atoms with Gasteiger partial charge in [0.05, 0.1) is 0 Å². The fourth-order valence-electron chi connectivity index (χ4n) is 4.68. The van der Waals surface area contributed by atoms with Crippen LogP contribution in [0.2, 0.25) is 0 Å². The Bertz CT molecular complexity index is 310. The predicted octanol–water partition coefficient (Wildman–Crippen LogP) is 5.43. The molecule has 0 bridgehead atoms. The SMILES string of the molecule is CC(C)CCCC1CCN(CCCC2CCN(C(C)C)CC2)CC1. The van der Waals surface area contributed by atoms with Gasteiger partial charge in [0, 0.05) is 6.04 Å². The molecule has 2 aliphatic heterocycles. The van der Waals surface area contributed by atoms with Crippen LogP contribution in [0.15, 0.2) is 0 Å². The highest BCUT2D eigenvalue weighted by molar-refractivity contribution is 4.76. The highest BCUT2D eigenvalue weighted by Crippen LogP contribution is 2.26. The Morgan fingerprint density at radius 2 is 1.29 bits per heavy atom. The number of hydrogen-bond donors (Lipinski definition) is 0. The Morgan fingerprint density at radius 1 is 0.750 bits per heavy atom. The number of rotatable bonds is 9. The molecule has 2 heterocycles. The van der Waals surface area contributed by atoms with Crippen LogP contribution in [0.25, 0.3) is 0 Å². The highest BCUT2D eigenvalue weighted by Gasteiger charge is 2.22. The molecule has 0 amide bonds. The lowest BCUT2D eigenvalue weighted by Gasteiger charge is -2.35. The van der Waals surface area contributed by atoms with Gasteiger partial charge in [-0.3, -0.25) is 0 Å². The summed E-state index contributed by atoms with van der Waals surface area (Å²) in [5.74, 6) is 2.92. The molecule has 0 aromatic rings. The molecule has 2 rings (SSSR count). The lowest BCUT2D eigenvalue weighted by molar-refractivity contribution is 0.136. The van der Waals surface area contributed by atoms with Gasteiger partial charge in [0.15, 0.2) is 0 Å². The molecule has 0 radical (unpaired) electrons. The minimum atomic E-state index is 0.743. The third-order valence-corrected chi connectivity index (χ3v) is 6.57. The van der Waals surface area contributed by atoms with Crippen molar-refractivity contribution in [2.24, 2.45) is 17.8 Å². The fraction of sp³-hybridized carbons (Fsp3) is 1.00. The van der Waals surface area contributed by atoms with Gasteiger partial charge in [-0.1, -0.05) is 33.1 Å². The second kappa shape index (κ2) is 10.8. The molecule has 0 aromatic heterocycles. The van der Waals surface area contributed by atoms with Gasteiger partial charge in [-0.25, -0.2) is 0 Å². The van der Waals surface area contributed by atoms with Crippen molar-refractivity contribution in [3.05, 3.63) is 0 Å². The topological polar surface area (TPSA) is 6.48 Å². The van der Waals surface area contributed by atoms with E-state index < -0.39 is 0 Å². The van der Waals surface area contributed by atoms with Crippen LogP contribution in [0.5, 0.6) is 0 Å². The van der Waals surface area contributed by atoms with Crippen molar-refractivity contribution in [3.63, 3.8) is 0 Å². The van der Waals surface area contributed by atoms with Crippen molar-refractivity contribution in [2.45, 2.75) is 91.5 Å². The summed E-state index contributed by atoms with van der Waals surface area (Å²) in [7, 11) is 0. The van der Waals surface area contributed by atoms with Gasteiger partial charge in [0.2, 0.25) is 0 Å². The quantitative estimate of drug-likeness (QED) is 0.554. The minimum absolute atomic E-state index is 0.743. The molecule has 2 saturated heterocycles. The smallest absolute Gasteiger partial charge is 0.00385 e. The number of hydrogen-bond acceptors (Lipinski definition) is 2. The molecule has 2 nitrogen and oxygen atoms in total. The van der Waals surface area contributed by atoms with Crippen molar-refractivity contribution < 1.29 is 0 Å². The maximum Gasteiger partial charge on any atom is 0.00385 e. The maximum absolute atomic E-state index is 2.75. The molecule has 24 heavy (non-hydrogen) atoms. The van der Waals surface area contributed by atoms with Gasteiger partial charge >= 0.3 is 0 Å². The van der Waals surface area contributed by atoms with Crippen LogP contribution < -0.4 is 0 Å². The van der Waals surface area contributed by atoms with E-state index in [0.29, 0.717) is 0 Å². The number of likely N-dealkylation sites (tertiary alicyclic amines) is 2. The minimum Gasteiger partial charge on any atom is -0.303 e. The lowest BCUT2D eigenvalue weighted by atomic mass is 9.89. The van der Waals surface area contributed by atoms with E-state index in [-0.39, 0.29) is 0 Å². The van der Waals surface area contributed by atoms with E-state index in [0.717, 1.165) is 23.8 Å². The predicted molar refractivity (Wildman–Crippen MR) is 107 cm³/mol. The largest absolute Gasteiger partial charge is 0.303 e. The summed E-state index contributed by atoms with van der Waals surface area (Å²) in [4.78, 5) is 5.41. The summed E-state index contributed by atoms with van der Waals surface area (Å²) in [5, 5.41) is 0. The van der Waals surface area contributed by atoms with E-state index in [1.54, 1.807) is 0 Å². The molecular weight excluding hydrogens is 292 g/mol. The van der Waals surface area contributed by atoms with Crippen LogP contribution in [0.4, 0.5) is 0 Å². The van der Waals surface area contributed by atoms with E-state index >= 15 is 0 Å². The fourth-order valence-corrected chi connectivity index (χ4v) is 4.68. The summed E-state index contributed by atoms with van der Waals surface area (Å²) in [5.41, 5.74) is 0. The third kappa shape index (κ3) is 7.44. The van der Waals surface area contributed by atoms with Crippen molar-refractivity contribution in [1.82, 2.24) is 9.80 Å². The van der Waals surface area contributed by atoms with Gasteiger partial charge in [0.25, 0.3) is 0 Å². The van der Waals surface area contributed by atoms with E-state index in [4.69, 9.17) is 0 Å². The zero-order valence-electron chi connectivity index (χ0n) is 17.1. The normalized spacial score (nSPS) is 22.8. The van der Waals surface area contributed by atoms with Crippen LogP contribution in [0.1, 0.15) is 85.5 Å². The standard InChI is InChI=1S/C22H44N2/c1-19(2)7-5-8-21-10-15-23(16-11-21)14-6-9-22-12-17-24(18-13-22)20(3)4/h19-22H,5-18H2,1-4H3. The summed E-state index contributed by atoms with van der Waals surface area (Å²) >= 11 is 0. The zero-order chi connectivity index (χ0) is 17.4. The van der Waals surface area contributed by atoms with Crippen LogP contribution in [-0.2, 0) is 0 Å². The Kier molecular flexibility index (Phi) is 9.11. The summed E-state index contributed by atoms with van der Waals surface area (Å²) in [6.07, 6.45) is 13.1. The average molecular weight is 337 g/mol. The van der Waals surface area contributed by atoms with Gasteiger partial charge in [-0.15, -0.1) is 0 Å². The summed E-state index contributed by atoms with van der Waals surface area (Å²) in [6, 6.07) is 0.743. The first-order valence-electron chi connectivity index (χ1n) is 11.0. The summed E-state index contributed by atoms with van der Waals surface area (Å²) < 4.78 is 0. The molecule has 2 heteroatoms.